The topological polar surface area (TPSA) is 21.3 Å². The van der Waals surface area contributed by atoms with Crippen LogP contribution in [0.5, 0.6) is 0 Å². The van der Waals surface area contributed by atoms with Crippen LogP contribution in [0.1, 0.15) is 20.3 Å². The lowest BCUT2D eigenvalue weighted by molar-refractivity contribution is -0.0967. The molecule has 0 aromatic heterocycles. The Balaban J connectivity index is 1.65. The minimum Gasteiger partial charge on any atom is -0.381 e. The fraction of sp³-hybridized carbons (Fsp3) is 0.600. The third-order valence-electron chi connectivity index (χ3n) is 3.97. The van der Waals surface area contributed by atoms with Crippen molar-refractivity contribution in [2.45, 2.75) is 37.3 Å². The van der Waals surface area contributed by atoms with Crippen molar-refractivity contribution in [1.82, 2.24) is 5.32 Å². The van der Waals surface area contributed by atoms with Crippen molar-refractivity contribution in [2.75, 3.05) is 19.4 Å². The molecule has 1 aromatic rings. The van der Waals surface area contributed by atoms with E-state index in [-0.39, 0.29) is 5.41 Å². The van der Waals surface area contributed by atoms with Crippen molar-refractivity contribution >= 4 is 11.8 Å². The standard InChI is InChI=1S/C15H23NOS/c1-15(2)13(11-14(15)17-3)16-9-10-18-12-7-5-4-6-8-12/h4-8,13-14,16H,9-11H2,1-3H3. The maximum atomic E-state index is 5.46. The average Bonchev–Trinajstić information content (AvgIpc) is 2.38. The molecule has 0 bridgehead atoms. The normalized spacial score (nSPS) is 25.7. The summed E-state index contributed by atoms with van der Waals surface area (Å²) in [6.07, 6.45) is 1.55. The van der Waals surface area contributed by atoms with Crippen LogP contribution in [-0.4, -0.2) is 31.6 Å². The minimum absolute atomic E-state index is 0.270. The number of nitrogens with one attached hydrogen (secondary N) is 1. The highest BCUT2D eigenvalue weighted by Crippen LogP contribution is 2.42. The van der Waals surface area contributed by atoms with E-state index in [9.17, 15) is 0 Å². The Kier molecular flexibility index (Phi) is 4.71. The Morgan fingerprint density at radius 1 is 1.33 bits per heavy atom. The van der Waals surface area contributed by atoms with Gasteiger partial charge in [-0.1, -0.05) is 32.0 Å². The molecule has 2 atom stereocenters. The van der Waals surface area contributed by atoms with Gasteiger partial charge in [0.2, 0.25) is 0 Å². The summed E-state index contributed by atoms with van der Waals surface area (Å²) in [5, 5.41) is 3.64. The molecule has 1 aliphatic carbocycles. The molecule has 2 unspecified atom stereocenters. The highest BCUT2D eigenvalue weighted by Gasteiger charge is 2.47. The number of thioether (sulfide) groups is 1. The van der Waals surface area contributed by atoms with E-state index >= 15 is 0 Å². The van der Waals surface area contributed by atoms with E-state index in [1.54, 1.807) is 0 Å². The lowest BCUT2D eigenvalue weighted by atomic mass is 9.64. The molecule has 0 heterocycles. The average molecular weight is 265 g/mol. The van der Waals surface area contributed by atoms with Crippen LogP contribution in [0.3, 0.4) is 0 Å². The largest absolute Gasteiger partial charge is 0.381 e. The fourth-order valence-corrected chi connectivity index (χ4v) is 3.36. The maximum Gasteiger partial charge on any atom is 0.0652 e. The molecule has 2 nitrogen and oxygen atoms in total. The molecule has 0 aliphatic heterocycles. The van der Waals surface area contributed by atoms with Crippen LogP contribution in [0, 0.1) is 5.41 Å². The summed E-state index contributed by atoms with van der Waals surface area (Å²) in [6.45, 7) is 5.63. The molecule has 18 heavy (non-hydrogen) atoms. The second kappa shape index (κ2) is 6.09. The highest BCUT2D eigenvalue weighted by molar-refractivity contribution is 7.99. The second-order valence-electron chi connectivity index (χ2n) is 5.45. The molecule has 1 N–H and O–H groups in total. The molecule has 0 saturated heterocycles. The maximum absolute atomic E-state index is 5.46. The van der Waals surface area contributed by atoms with Crippen LogP contribution in [0.15, 0.2) is 35.2 Å². The molecule has 2 rings (SSSR count). The van der Waals surface area contributed by atoms with Gasteiger partial charge in [-0.3, -0.25) is 0 Å². The van der Waals surface area contributed by atoms with Gasteiger partial charge in [0.05, 0.1) is 6.10 Å². The third-order valence-corrected chi connectivity index (χ3v) is 4.98. The molecule has 0 amide bonds. The van der Waals surface area contributed by atoms with Crippen molar-refractivity contribution in [3.8, 4) is 0 Å². The predicted molar refractivity (Wildman–Crippen MR) is 78.2 cm³/mol. The third kappa shape index (κ3) is 3.08. The summed E-state index contributed by atoms with van der Waals surface area (Å²) in [7, 11) is 1.81. The van der Waals surface area contributed by atoms with Gasteiger partial charge in [-0.15, -0.1) is 11.8 Å². The lowest BCUT2D eigenvalue weighted by Crippen LogP contribution is -2.60. The Labute approximate surface area is 114 Å². The number of methoxy groups -OCH3 is 1. The molecule has 1 fully saturated rings. The Morgan fingerprint density at radius 3 is 2.67 bits per heavy atom. The number of hydrogen-bond acceptors (Lipinski definition) is 3. The fourth-order valence-electron chi connectivity index (χ4n) is 2.55. The van der Waals surface area contributed by atoms with Gasteiger partial charge in [0, 0.05) is 35.8 Å². The van der Waals surface area contributed by atoms with Crippen LogP contribution in [0.25, 0.3) is 0 Å². The van der Waals surface area contributed by atoms with Crippen molar-refractivity contribution in [1.29, 1.82) is 0 Å². The Hall–Kier alpha value is -0.510. The first-order chi connectivity index (χ1) is 8.64. The monoisotopic (exact) mass is 265 g/mol. The first kappa shape index (κ1) is 13.9. The molecular weight excluding hydrogens is 242 g/mol. The van der Waals surface area contributed by atoms with Gasteiger partial charge in [-0.05, 0) is 18.6 Å². The van der Waals surface area contributed by atoms with E-state index < -0.39 is 0 Å². The van der Waals surface area contributed by atoms with Gasteiger partial charge in [0.15, 0.2) is 0 Å². The summed E-state index contributed by atoms with van der Waals surface area (Å²) >= 11 is 1.91. The van der Waals surface area contributed by atoms with E-state index in [2.05, 4.69) is 49.5 Å². The zero-order valence-corrected chi connectivity index (χ0v) is 12.3. The molecule has 1 aromatic carbocycles. The van der Waals surface area contributed by atoms with Crippen LogP contribution in [0.2, 0.25) is 0 Å². The number of benzene rings is 1. The summed E-state index contributed by atoms with van der Waals surface area (Å²) in [5.74, 6) is 1.12. The van der Waals surface area contributed by atoms with Crippen molar-refractivity contribution in [3.63, 3.8) is 0 Å². The Bertz CT molecular complexity index is 366. The lowest BCUT2D eigenvalue weighted by Gasteiger charge is -2.51. The summed E-state index contributed by atoms with van der Waals surface area (Å²) < 4.78 is 5.46. The van der Waals surface area contributed by atoms with Crippen LogP contribution < -0.4 is 5.32 Å². The first-order valence-electron chi connectivity index (χ1n) is 6.58. The van der Waals surface area contributed by atoms with Gasteiger partial charge >= 0.3 is 0 Å². The summed E-state index contributed by atoms with van der Waals surface area (Å²) in [6, 6.07) is 11.2. The van der Waals surface area contributed by atoms with E-state index in [4.69, 9.17) is 4.74 Å². The van der Waals surface area contributed by atoms with Crippen molar-refractivity contribution in [3.05, 3.63) is 30.3 Å². The van der Waals surface area contributed by atoms with Gasteiger partial charge in [0.1, 0.15) is 0 Å². The van der Waals surface area contributed by atoms with Gasteiger partial charge < -0.3 is 10.1 Å². The molecule has 100 valence electrons. The molecule has 3 heteroatoms. The van der Waals surface area contributed by atoms with E-state index in [0.717, 1.165) is 18.7 Å². The molecule has 0 radical (unpaired) electrons. The number of hydrogen-bond donors (Lipinski definition) is 1. The quantitative estimate of drug-likeness (QED) is 0.630. The van der Waals surface area contributed by atoms with E-state index in [1.165, 1.54) is 4.90 Å². The number of ether oxygens (including phenoxy) is 1. The second-order valence-corrected chi connectivity index (χ2v) is 6.62. The molecule has 1 aliphatic rings. The zero-order chi connectivity index (χ0) is 13.0. The molecule has 1 saturated carbocycles. The van der Waals surface area contributed by atoms with E-state index in [0.29, 0.717) is 12.1 Å². The predicted octanol–water partition coefficient (Wildman–Crippen LogP) is 3.18. The highest BCUT2D eigenvalue weighted by atomic mass is 32.2. The summed E-state index contributed by atoms with van der Waals surface area (Å²) in [4.78, 5) is 1.35. The van der Waals surface area contributed by atoms with Gasteiger partial charge in [-0.2, -0.15) is 0 Å². The Morgan fingerprint density at radius 2 is 2.06 bits per heavy atom. The molecule has 0 spiro atoms. The first-order valence-corrected chi connectivity index (χ1v) is 7.57. The van der Waals surface area contributed by atoms with Crippen LogP contribution in [-0.2, 0) is 4.74 Å². The smallest absolute Gasteiger partial charge is 0.0652 e. The van der Waals surface area contributed by atoms with Crippen LogP contribution in [0.4, 0.5) is 0 Å². The number of rotatable bonds is 6. The van der Waals surface area contributed by atoms with Gasteiger partial charge in [0.25, 0.3) is 0 Å². The SMILES string of the molecule is COC1CC(NCCSc2ccccc2)C1(C)C. The summed E-state index contributed by atoms with van der Waals surface area (Å²) in [5.41, 5.74) is 0.270. The van der Waals surface area contributed by atoms with E-state index in [1.807, 2.05) is 18.9 Å². The van der Waals surface area contributed by atoms with Crippen molar-refractivity contribution < 1.29 is 4.74 Å². The zero-order valence-electron chi connectivity index (χ0n) is 11.5. The van der Waals surface area contributed by atoms with Crippen molar-refractivity contribution in [2.24, 2.45) is 5.41 Å². The van der Waals surface area contributed by atoms with Gasteiger partial charge in [-0.25, -0.2) is 0 Å². The molecular formula is C15H23NOS. The minimum atomic E-state index is 0.270. The van der Waals surface area contributed by atoms with Crippen LogP contribution >= 0.6 is 11.8 Å².